The molecule has 0 saturated carbocycles. The molecule has 0 bridgehead atoms. The van der Waals surface area contributed by atoms with Crippen molar-refractivity contribution in [3.05, 3.63) is 73.9 Å². The van der Waals surface area contributed by atoms with E-state index >= 15 is 0 Å². The van der Waals surface area contributed by atoms with Crippen LogP contribution in [0.1, 0.15) is 10.4 Å². The molecule has 2 aromatic carbocycles. The van der Waals surface area contributed by atoms with Crippen LogP contribution in [-0.2, 0) is 23.1 Å². The van der Waals surface area contributed by atoms with Gasteiger partial charge in [-0.05, 0) is 30.3 Å². The quantitative estimate of drug-likeness (QED) is 0.672. The third-order valence-corrected chi connectivity index (χ3v) is 4.45. The average molecular weight is 402 g/mol. The fourth-order valence-electron chi connectivity index (χ4n) is 2.84. The molecule has 0 atom stereocenters. The van der Waals surface area contributed by atoms with Crippen molar-refractivity contribution in [1.29, 1.82) is 0 Å². The number of benzene rings is 2. The van der Waals surface area contributed by atoms with Crippen molar-refractivity contribution in [2.24, 2.45) is 7.05 Å². The third-order valence-electron chi connectivity index (χ3n) is 4.21. The number of methoxy groups -OCH3 is 1. The summed E-state index contributed by atoms with van der Waals surface area (Å²) in [6.45, 7) is -0.361. The van der Waals surface area contributed by atoms with Gasteiger partial charge >= 0.3 is 11.7 Å². The van der Waals surface area contributed by atoms with E-state index in [1.165, 1.54) is 36.9 Å². The first-order valence-electron chi connectivity index (χ1n) is 8.19. The summed E-state index contributed by atoms with van der Waals surface area (Å²) in [6.07, 6.45) is 0. The topological polar surface area (TPSA) is 99.4 Å². The van der Waals surface area contributed by atoms with E-state index in [0.29, 0.717) is 15.9 Å². The van der Waals surface area contributed by atoms with Crippen molar-refractivity contribution in [3.63, 3.8) is 0 Å². The molecule has 3 aromatic rings. The van der Waals surface area contributed by atoms with Gasteiger partial charge < -0.3 is 10.1 Å². The largest absolute Gasteiger partial charge is 0.465 e. The van der Waals surface area contributed by atoms with E-state index in [-0.39, 0.29) is 17.8 Å². The second-order valence-electron chi connectivity index (χ2n) is 5.98. The zero-order chi connectivity index (χ0) is 20.4. The van der Waals surface area contributed by atoms with Gasteiger partial charge in [0.15, 0.2) is 0 Å². The summed E-state index contributed by atoms with van der Waals surface area (Å²) >= 11 is 5.95. The number of carbonyl (C=O) groups excluding carboxylic acids is 2. The maximum absolute atomic E-state index is 12.6. The minimum Gasteiger partial charge on any atom is -0.465 e. The molecule has 8 nitrogen and oxygen atoms in total. The van der Waals surface area contributed by atoms with E-state index in [0.717, 1.165) is 4.57 Å². The fraction of sp³-hybridized carbons (Fsp3) is 0.158. The molecule has 0 aliphatic heterocycles. The summed E-state index contributed by atoms with van der Waals surface area (Å²) < 4.78 is 6.82. The molecule has 1 amide bonds. The normalized spacial score (nSPS) is 10.7. The number of hydrogen-bond donors (Lipinski definition) is 1. The Bertz CT molecular complexity index is 1210. The van der Waals surface area contributed by atoms with Crippen LogP contribution >= 0.6 is 11.6 Å². The van der Waals surface area contributed by atoms with E-state index in [4.69, 9.17) is 16.3 Å². The monoisotopic (exact) mass is 401 g/mol. The van der Waals surface area contributed by atoms with Crippen molar-refractivity contribution < 1.29 is 14.3 Å². The SMILES string of the molecule is COC(=O)c1ccc(Cl)cc1NC(=O)Cn1c(=O)n(C)c(=O)c2ccccc21. The van der Waals surface area contributed by atoms with Crippen LogP contribution in [-0.4, -0.2) is 28.1 Å². The van der Waals surface area contributed by atoms with Crippen LogP contribution in [0.3, 0.4) is 0 Å². The predicted octanol–water partition coefficient (Wildman–Crippen LogP) is 1.78. The molecule has 1 N–H and O–H groups in total. The molecule has 0 radical (unpaired) electrons. The zero-order valence-electron chi connectivity index (χ0n) is 15.1. The fourth-order valence-corrected chi connectivity index (χ4v) is 3.01. The number of esters is 1. The van der Waals surface area contributed by atoms with Gasteiger partial charge in [-0.3, -0.25) is 18.7 Å². The lowest BCUT2D eigenvalue weighted by atomic mass is 10.1. The van der Waals surface area contributed by atoms with Crippen molar-refractivity contribution in [2.75, 3.05) is 12.4 Å². The summed E-state index contributed by atoms with van der Waals surface area (Å²) in [5, 5.41) is 3.20. The highest BCUT2D eigenvalue weighted by molar-refractivity contribution is 6.31. The minimum atomic E-state index is -0.642. The molecular weight excluding hydrogens is 386 g/mol. The Balaban J connectivity index is 2.00. The molecule has 3 rings (SSSR count). The highest BCUT2D eigenvalue weighted by Gasteiger charge is 2.17. The Kier molecular flexibility index (Phi) is 5.32. The molecule has 0 spiro atoms. The van der Waals surface area contributed by atoms with Crippen LogP contribution in [0, 0.1) is 0 Å². The molecule has 0 fully saturated rings. The molecule has 144 valence electrons. The van der Waals surface area contributed by atoms with Gasteiger partial charge in [0.05, 0.1) is 29.3 Å². The second kappa shape index (κ2) is 7.69. The number of fused-ring (bicyclic) bond motifs is 1. The van der Waals surface area contributed by atoms with Gasteiger partial charge in [0.2, 0.25) is 5.91 Å². The number of carbonyl (C=O) groups is 2. The summed E-state index contributed by atoms with van der Waals surface area (Å²) in [7, 11) is 2.57. The average Bonchev–Trinajstić information content (AvgIpc) is 2.69. The van der Waals surface area contributed by atoms with Gasteiger partial charge in [-0.1, -0.05) is 23.7 Å². The Morgan fingerprint density at radius 2 is 1.86 bits per heavy atom. The first-order valence-corrected chi connectivity index (χ1v) is 8.57. The van der Waals surface area contributed by atoms with Gasteiger partial charge in [0.25, 0.3) is 5.56 Å². The highest BCUT2D eigenvalue weighted by atomic mass is 35.5. The predicted molar refractivity (Wildman–Crippen MR) is 105 cm³/mol. The Morgan fingerprint density at radius 3 is 2.57 bits per heavy atom. The van der Waals surface area contributed by atoms with E-state index in [9.17, 15) is 19.2 Å². The third kappa shape index (κ3) is 3.54. The summed E-state index contributed by atoms with van der Waals surface area (Å²) in [5.74, 6) is -1.21. The van der Waals surface area contributed by atoms with Gasteiger partial charge in [-0.2, -0.15) is 0 Å². The van der Waals surface area contributed by atoms with Gasteiger partial charge in [0.1, 0.15) is 6.54 Å². The van der Waals surface area contributed by atoms with E-state index in [1.807, 2.05) is 0 Å². The first-order chi connectivity index (χ1) is 13.3. The number of aromatic nitrogens is 2. The smallest absolute Gasteiger partial charge is 0.339 e. The van der Waals surface area contributed by atoms with E-state index in [1.54, 1.807) is 24.3 Å². The Morgan fingerprint density at radius 1 is 1.14 bits per heavy atom. The van der Waals surface area contributed by atoms with Crippen LogP contribution in [0.15, 0.2) is 52.1 Å². The van der Waals surface area contributed by atoms with Crippen LogP contribution in [0.5, 0.6) is 0 Å². The standard InChI is InChI=1S/C19H16ClN3O5/c1-22-17(25)13-5-3-4-6-15(13)23(19(22)27)10-16(24)21-14-9-11(20)7-8-12(14)18(26)28-2/h3-9H,10H2,1-2H3,(H,21,24). The van der Waals surface area contributed by atoms with Gasteiger partial charge in [-0.15, -0.1) is 0 Å². The maximum Gasteiger partial charge on any atom is 0.339 e. The molecule has 0 aliphatic carbocycles. The Labute approximate surface area is 163 Å². The number of rotatable bonds is 4. The van der Waals surface area contributed by atoms with Gasteiger partial charge in [-0.25, -0.2) is 9.59 Å². The number of hydrogen-bond acceptors (Lipinski definition) is 5. The van der Waals surface area contributed by atoms with Crippen LogP contribution in [0.25, 0.3) is 10.9 Å². The summed E-state index contributed by atoms with van der Waals surface area (Å²) in [5.41, 5.74) is -0.451. The van der Waals surface area contributed by atoms with Crippen LogP contribution in [0.4, 0.5) is 5.69 Å². The zero-order valence-corrected chi connectivity index (χ0v) is 15.8. The lowest BCUT2D eigenvalue weighted by Crippen LogP contribution is -2.40. The lowest BCUT2D eigenvalue weighted by molar-refractivity contribution is -0.116. The maximum atomic E-state index is 12.6. The molecule has 1 aromatic heterocycles. The molecule has 1 heterocycles. The Hall–Kier alpha value is -3.39. The second-order valence-corrected chi connectivity index (χ2v) is 6.42. The molecule has 0 unspecified atom stereocenters. The molecule has 0 saturated heterocycles. The van der Waals surface area contributed by atoms with Crippen molar-refractivity contribution in [1.82, 2.24) is 9.13 Å². The lowest BCUT2D eigenvalue weighted by Gasteiger charge is -2.13. The number of anilines is 1. The minimum absolute atomic E-state index is 0.123. The number of para-hydroxylation sites is 1. The van der Waals surface area contributed by atoms with E-state index in [2.05, 4.69) is 5.32 Å². The highest BCUT2D eigenvalue weighted by Crippen LogP contribution is 2.22. The molecule has 0 aliphatic rings. The summed E-state index contributed by atoms with van der Waals surface area (Å²) in [6, 6.07) is 10.8. The van der Waals surface area contributed by atoms with Crippen molar-refractivity contribution in [3.8, 4) is 0 Å². The van der Waals surface area contributed by atoms with Crippen molar-refractivity contribution >= 4 is 40.1 Å². The number of halogens is 1. The number of nitrogens with zero attached hydrogens (tertiary/aromatic N) is 2. The van der Waals surface area contributed by atoms with E-state index < -0.39 is 23.1 Å². The molecular formula is C19H16ClN3O5. The van der Waals surface area contributed by atoms with Gasteiger partial charge in [0, 0.05) is 12.1 Å². The molecule has 28 heavy (non-hydrogen) atoms. The van der Waals surface area contributed by atoms with Crippen LogP contribution in [0.2, 0.25) is 5.02 Å². The first kappa shape index (κ1) is 19.4. The molecule has 9 heteroatoms. The summed E-state index contributed by atoms with van der Waals surface area (Å²) in [4.78, 5) is 49.3. The number of ether oxygens (including phenoxy) is 1. The number of amides is 1. The van der Waals surface area contributed by atoms with Crippen LogP contribution < -0.4 is 16.6 Å². The van der Waals surface area contributed by atoms with Crippen molar-refractivity contribution in [2.45, 2.75) is 6.54 Å². The number of nitrogens with one attached hydrogen (secondary N) is 1.